The van der Waals surface area contributed by atoms with Crippen molar-refractivity contribution in [2.75, 3.05) is 19.3 Å². The van der Waals surface area contributed by atoms with Gasteiger partial charge < -0.3 is 9.64 Å². The maximum Gasteiger partial charge on any atom is 0.416 e. The number of rotatable bonds is 6. The first-order valence-corrected chi connectivity index (χ1v) is 9.79. The first-order valence-electron chi connectivity index (χ1n) is 7.94. The van der Waals surface area contributed by atoms with Gasteiger partial charge in [0, 0.05) is 25.2 Å². The number of nitrogens with zero attached hydrogens (tertiary/aromatic N) is 2. The van der Waals surface area contributed by atoms with Gasteiger partial charge in [0.25, 0.3) is 0 Å². The van der Waals surface area contributed by atoms with Gasteiger partial charge in [0.1, 0.15) is 0 Å². The Hall–Kier alpha value is -2.20. The Labute approximate surface area is 155 Å². The predicted molar refractivity (Wildman–Crippen MR) is 93.6 cm³/mol. The van der Waals surface area contributed by atoms with Crippen molar-refractivity contribution < 1.29 is 31.1 Å². The van der Waals surface area contributed by atoms with Crippen LogP contribution in [0.25, 0.3) is 0 Å². The molecule has 1 heterocycles. The van der Waals surface area contributed by atoms with E-state index in [4.69, 9.17) is 4.74 Å². The number of likely N-dealkylation sites (tertiary alicyclic amines) is 1. The number of amides is 1. The molecule has 1 saturated heterocycles. The van der Waals surface area contributed by atoms with Gasteiger partial charge in [-0.2, -0.15) is 17.6 Å². The summed E-state index contributed by atoms with van der Waals surface area (Å²) in [5.74, 6) is -0.854. The Morgan fingerprint density at radius 1 is 1.41 bits per heavy atom. The zero-order valence-corrected chi connectivity index (χ0v) is 15.3. The number of ether oxygens (including phenoxy) is 1. The van der Waals surface area contributed by atoms with Gasteiger partial charge in [0.15, 0.2) is 0 Å². The molecule has 1 aliphatic rings. The summed E-state index contributed by atoms with van der Waals surface area (Å²) in [6.07, 6.45) is -1.80. The maximum absolute atomic E-state index is 12.8. The fourth-order valence-corrected chi connectivity index (χ4v) is 3.03. The van der Waals surface area contributed by atoms with Crippen LogP contribution in [0.2, 0.25) is 0 Å². The van der Waals surface area contributed by atoms with Crippen LogP contribution < -0.4 is 0 Å². The van der Waals surface area contributed by atoms with Crippen LogP contribution in [0.5, 0.6) is 0 Å². The number of carbonyl (C=O) groups is 1. The van der Waals surface area contributed by atoms with E-state index in [0.717, 1.165) is 24.5 Å². The molecule has 0 spiro atoms. The van der Waals surface area contributed by atoms with E-state index < -0.39 is 33.8 Å². The normalized spacial score (nSPS) is 21.0. The summed E-state index contributed by atoms with van der Waals surface area (Å²) in [6.45, 7) is 3.62. The molecule has 1 aromatic carbocycles. The highest BCUT2D eigenvalue weighted by atomic mass is 32.2. The standard InChI is InChI=1S/C17H19F3N2O4S/c1-3-16(23)22-9-13(8-21-27(2,24)25)15(10-22)26-11-12-5-4-6-14(7-12)17(18,19)20/h3-8,13,15H,1,9-11H2,2H3/b21-8-/t13?,15-/m1/s1. The zero-order chi connectivity index (χ0) is 20.2. The second-order valence-corrected chi connectivity index (χ2v) is 7.82. The molecule has 2 atom stereocenters. The molecule has 2 rings (SSSR count). The van der Waals surface area contributed by atoms with Crippen molar-refractivity contribution in [3.8, 4) is 0 Å². The molecule has 1 aliphatic heterocycles. The molecule has 1 fully saturated rings. The molecule has 0 radical (unpaired) electrons. The molecular formula is C17H19F3N2O4S. The number of sulfonamides is 1. The van der Waals surface area contributed by atoms with Gasteiger partial charge in [0.2, 0.25) is 15.9 Å². The molecule has 0 N–H and O–H groups in total. The van der Waals surface area contributed by atoms with E-state index >= 15 is 0 Å². The fraction of sp³-hybridized carbons (Fsp3) is 0.412. The quantitative estimate of drug-likeness (QED) is 0.538. The third-order valence-corrected chi connectivity index (χ3v) is 4.46. The van der Waals surface area contributed by atoms with Gasteiger partial charge >= 0.3 is 6.18 Å². The molecule has 0 aromatic heterocycles. The van der Waals surface area contributed by atoms with Crippen LogP contribution in [0.1, 0.15) is 11.1 Å². The molecule has 27 heavy (non-hydrogen) atoms. The molecule has 1 unspecified atom stereocenters. The smallest absolute Gasteiger partial charge is 0.371 e. The molecule has 1 amide bonds. The highest BCUT2D eigenvalue weighted by molar-refractivity contribution is 7.89. The number of halogens is 3. The lowest BCUT2D eigenvalue weighted by Crippen LogP contribution is -2.28. The van der Waals surface area contributed by atoms with Gasteiger partial charge in [-0.25, -0.2) is 8.42 Å². The number of carbonyl (C=O) groups excluding carboxylic acids is 1. The van der Waals surface area contributed by atoms with E-state index in [2.05, 4.69) is 11.0 Å². The van der Waals surface area contributed by atoms with E-state index in [-0.39, 0.29) is 25.6 Å². The Morgan fingerprint density at radius 3 is 2.70 bits per heavy atom. The molecule has 148 valence electrons. The van der Waals surface area contributed by atoms with Crippen LogP contribution in [-0.2, 0) is 32.3 Å². The van der Waals surface area contributed by atoms with Gasteiger partial charge in [-0.3, -0.25) is 4.79 Å². The topological polar surface area (TPSA) is 76.0 Å². The van der Waals surface area contributed by atoms with Crippen molar-refractivity contribution in [1.82, 2.24) is 4.90 Å². The fourth-order valence-electron chi connectivity index (χ4n) is 2.66. The van der Waals surface area contributed by atoms with E-state index in [1.54, 1.807) is 0 Å². The van der Waals surface area contributed by atoms with Gasteiger partial charge in [-0.15, -0.1) is 0 Å². The van der Waals surface area contributed by atoms with E-state index in [1.165, 1.54) is 23.2 Å². The molecule has 0 bridgehead atoms. The molecule has 1 aromatic rings. The molecule has 6 nitrogen and oxygen atoms in total. The van der Waals surface area contributed by atoms with Gasteiger partial charge in [-0.1, -0.05) is 18.7 Å². The molecule has 0 aliphatic carbocycles. The van der Waals surface area contributed by atoms with E-state index in [1.807, 2.05) is 0 Å². The van der Waals surface area contributed by atoms with Gasteiger partial charge in [-0.05, 0) is 23.8 Å². The minimum Gasteiger partial charge on any atom is -0.371 e. The highest BCUT2D eigenvalue weighted by Crippen LogP contribution is 2.30. The number of hydrogen-bond acceptors (Lipinski definition) is 4. The Kier molecular flexibility index (Phi) is 6.42. The summed E-state index contributed by atoms with van der Waals surface area (Å²) in [5, 5.41) is 0. The summed E-state index contributed by atoms with van der Waals surface area (Å²) in [6, 6.07) is 4.73. The maximum atomic E-state index is 12.8. The average molecular weight is 404 g/mol. The van der Waals surface area contributed by atoms with E-state index in [0.29, 0.717) is 5.56 Å². The average Bonchev–Trinajstić information content (AvgIpc) is 2.99. The van der Waals surface area contributed by atoms with Crippen molar-refractivity contribution in [2.45, 2.75) is 18.9 Å². The first-order chi connectivity index (χ1) is 12.5. The Bertz CT molecular complexity index is 837. The molecular weight excluding hydrogens is 385 g/mol. The lowest BCUT2D eigenvalue weighted by molar-refractivity contribution is -0.137. The summed E-state index contributed by atoms with van der Waals surface area (Å²) >= 11 is 0. The minimum atomic E-state index is -4.46. The van der Waals surface area contributed by atoms with Crippen molar-refractivity contribution in [2.24, 2.45) is 10.3 Å². The number of alkyl halides is 3. The van der Waals surface area contributed by atoms with Crippen LogP contribution in [0, 0.1) is 5.92 Å². The number of hydrogen-bond donors (Lipinski definition) is 0. The van der Waals surface area contributed by atoms with Gasteiger partial charge in [0.05, 0.1) is 24.5 Å². The first kappa shape index (κ1) is 21.1. The lowest BCUT2D eigenvalue weighted by Gasteiger charge is -2.16. The summed E-state index contributed by atoms with van der Waals surface area (Å²) in [7, 11) is -3.60. The Balaban J connectivity index is 2.12. The van der Waals surface area contributed by atoms with Crippen molar-refractivity contribution in [3.63, 3.8) is 0 Å². The van der Waals surface area contributed by atoms with Crippen molar-refractivity contribution >= 4 is 22.1 Å². The summed E-state index contributed by atoms with van der Waals surface area (Å²) in [4.78, 5) is 13.2. The summed E-state index contributed by atoms with van der Waals surface area (Å²) < 4.78 is 70.0. The SMILES string of the molecule is C=CC(=O)N1CC(/C=N\S(C)(=O)=O)[C@H](OCc2cccc(C(F)(F)F)c2)C1. The largest absolute Gasteiger partial charge is 0.416 e. The van der Waals surface area contributed by atoms with Crippen LogP contribution in [0.15, 0.2) is 41.3 Å². The molecule has 10 heteroatoms. The second kappa shape index (κ2) is 8.22. The number of benzene rings is 1. The molecule has 0 saturated carbocycles. The van der Waals surface area contributed by atoms with Crippen LogP contribution in [0.4, 0.5) is 13.2 Å². The van der Waals surface area contributed by atoms with Crippen LogP contribution in [-0.4, -0.2) is 50.9 Å². The minimum absolute atomic E-state index is 0.117. The third-order valence-electron chi connectivity index (χ3n) is 3.96. The Morgan fingerprint density at radius 2 is 2.11 bits per heavy atom. The van der Waals surface area contributed by atoms with Crippen molar-refractivity contribution in [1.29, 1.82) is 0 Å². The second-order valence-electron chi connectivity index (χ2n) is 6.15. The van der Waals surface area contributed by atoms with Crippen LogP contribution >= 0.6 is 0 Å². The third kappa shape index (κ3) is 6.17. The predicted octanol–water partition coefficient (Wildman–Crippen LogP) is 2.27. The zero-order valence-electron chi connectivity index (χ0n) is 14.5. The van der Waals surface area contributed by atoms with E-state index in [9.17, 15) is 26.4 Å². The lowest BCUT2D eigenvalue weighted by atomic mass is 10.1. The highest BCUT2D eigenvalue weighted by Gasteiger charge is 2.35. The summed E-state index contributed by atoms with van der Waals surface area (Å²) in [5.41, 5.74) is -0.467. The van der Waals surface area contributed by atoms with Crippen molar-refractivity contribution in [3.05, 3.63) is 48.0 Å². The van der Waals surface area contributed by atoms with Crippen LogP contribution in [0.3, 0.4) is 0 Å². The monoisotopic (exact) mass is 404 g/mol.